The van der Waals surface area contributed by atoms with E-state index in [1.54, 1.807) is 11.1 Å². The molecule has 2 aliphatic heterocycles. The molecular weight excluding hydrogens is 358 g/mol. The Morgan fingerprint density at radius 2 is 1.79 bits per heavy atom. The number of amides is 2. The van der Waals surface area contributed by atoms with Crippen LogP contribution in [0.3, 0.4) is 0 Å². The van der Waals surface area contributed by atoms with Crippen LogP contribution >= 0.6 is 0 Å². The highest BCUT2D eigenvalue weighted by Gasteiger charge is 2.30. The lowest BCUT2D eigenvalue weighted by molar-refractivity contribution is 0.0918. The van der Waals surface area contributed by atoms with Crippen molar-refractivity contribution >= 4 is 12.0 Å². The molecule has 28 heavy (non-hydrogen) atoms. The lowest BCUT2D eigenvalue weighted by atomic mass is 10.00. The topological polar surface area (TPSA) is 90.7 Å². The smallest absolute Gasteiger partial charge is 0.407 e. The summed E-state index contributed by atoms with van der Waals surface area (Å²) >= 11 is 0. The molecule has 3 fully saturated rings. The number of nitrogens with one attached hydrogen (secondary N) is 1. The van der Waals surface area contributed by atoms with Crippen LogP contribution in [0.15, 0.2) is 12.3 Å². The van der Waals surface area contributed by atoms with E-state index < -0.39 is 6.09 Å². The second-order valence-electron chi connectivity index (χ2n) is 8.44. The van der Waals surface area contributed by atoms with E-state index in [1.165, 1.54) is 12.8 Å². The van der Waals surface area contributed by atoms with Gasteiger partial charge in [-0.3, -0.25) is 9.48 Å². The summed E-state index contributed by atoms with van der Waals surface area (Å²) in [6.45, 7) is 4.01. The maximum absolute atomic E-state index is 12.5. The second kappa shape index (κ2) is 8.51. The molecule has 2 saturated heterocycles. The lowest BCUT2D eigenvalue weighted by Crippen LogP contribution is -2.43. The molecule has 0 bridgehead atoms. The van der Waals surface area contributed by atoms with Crippen molar-refractivity contribution in [1.29, 1.82) is 0 Å². The van der Waals surface area contributed by atoms with Gasteiger partial charge in [0.2, 0.25) is 0 Å². The molecule has 2 N–H and O–H groups in total. The van der Waals surface area contributed by atoms with Crippen LogP contribution in [-0.2, 0) is 0 Å². The van der Waals surface area contributed by atoms with Crippen molar-refractivity contribution < 1.29 is 14.7 Å². The highest BCUT2D eigenvalue weighted by atomic mass is 16.4. The first-order valence-corrected chi connectivity index (χ1v) is 10.7. The number of piperidine rings is 1. The molecule has 4 rings (SSSR count). The van der Waals surface area contributed by atoms with Crippen LogP contribution in [0.1, 0.15) is 61.5 Å². The molecule has 0 spiro atoms. The summed E-state index contributed by atoms with van der Waals surface area (Å²) in [6.07, 6.45) is 8.23. The van der Waals surface area contributed by atoms with Crippen molar-refractivity contribution in [1.82, 2.24) is 24.9 Å². The number of rotatable bonds is 5. The molecule has 2 amide bonds. The third-order valence-electron chi connectivity index (χ3n) is 6.48. The Balaban J connectivity index is 1.30. The van der Waals surface area contributed by atoms with Crippen molar-refractivity contribution in [3.8, 4) is 0 Å². The Morgan fingerprint density at radius 1 is 1.04 bits per heavy atom. The molecule has 1 aliphatic carbocycles. The molecule has 0 aromatic carbocycles. The van der Waals surface area contributed by atoms with E-state index in [2.05, 4.69) is 15.3 Å². The van der Waals surface area contributed by atoms with E-state index in [9.17, 15) is 14.7 Å². The van der Waals surface area contributed by atoms with Gasteiger partial charge in [0.05, 0.1) is 6.04 Å². The van der Waals surface area contributed by atoms with Gasteiger partial charge < -0.3 is 20.2 Å². The SMILES string of the molecule is O=C(NCC1CC1)c1ccnn1C1CCN(C2CCCN(C(=O)O)CC2)CC1. The van der Waals surface area contributed by atoms with Crippen molar-refractivity contribution in [2.75, 3.05) is 32.7 Å². The zero-order valence-electron chi connectivity index (χ0n) is 16.4. The summed E-state index contributed by atoms with van der Waals surface area (Å²) in [4.78, 5) is 27.8. The highest BCUT2D eigenvalue weighted by Crippen LogP contribution is 2.29. The van der Waals surface area contributed by atoms with E-state index in [0.717, 1.165) is 51.7 Å². The first kappa shape index (κ1) is 19.2. The van der Waals surface area contributed by atoms with Gasteiger partial charge in [0.1, 0.15) is 5.69 Å². The van der Waals surface area contributed by atoms with Gasteiger partial charge in [-0.05, 0) is 56.9 Å². The molecule has 3 heterocycles. The summed E-state index contributed by atoms with van der Waals surface area (Å²) in [5.41, 5.74) is 0.672. The van der Waals surface area contributed by atoms with E-state index >= 15 is 0 Å². The van der Waals surface area contributed by atoms with Crippen molar-refractivity contribution in [3.63, 3.8) is 0 Å². The number of hydrogen-bond acceptors (Lipinski definition) is 4. The van der Waals surface area contributed by atoms with Crippen LogP contribution in [0.5, 0.6) is 0 Å². The quantitative estimate of drug-likeness (QED) is 0.806. The van der Waals surface area contributed by atoms with Gasteiger partial charge in [0.25, 0.3) is 5.91 Å². The molecule has 1 aromatic heterocycles. The minimum absolute atomic E-state index is 0.00985. The largest absolute Gasteiger partial charge is 0.465 e. The summed E-state index contributed by atoms with van der Waals surface area (Å²) < 4.78 is 1.92. The Bertz CT molecular complexity index is 694. The van der Waals surface area contributed by atoms with Crippen LogP contribution in [0.25, 0.3) is 0 Å². The number of carbonyl (C=O) groups is 2. The first-order chi connectivity index (χ1) is 13.6. The van der Waals surface area contributed by atoms with Crippen LogP contribution in [-0.4, -0.2) is 75.5 Å². The van der Waals surface area contributed by atoms with Crippen molar-refractivity contribution in [2.45, 2.75) is 57.0 Å². The molecule has 0 radical (unpaired) electrons. The van der Waals surface area contributed by atoms with Gasteiger partial charge in [-0.1, -0.05) is 0 Å². The standard InChI is InChI=1S/C20H31N5O3/c26-19(21-14-15-3-4-15)18-5-9-22-25(18)17-7-11-23(12-8-17)16-2-1-10-24(13-6-16)20(27)28/h5,9,15-17H,1-4,6-8,10-14H2,(H,21,26)(H,27,28). The molecule has 8 nitrogen and oxygen atoms in total. The molecule has 3 aliphatic rings. The fourth-order valence-electron chi connectivity index (χ4n) is 4.57. The number of aromatic nitrogens is 2. The van der Waals surface area contributed by atoms with Gasteiger partial charge in [0.15, 0.2) is 0 Å². The molecule has 154 valence electrons. The van der Waals surface area contributed by atoms with Gasteiger partial charge in [-0.15, -0.1) is 0 Å². The van der Waals surface area contributed by atoms with Gasteiger partial charge in [0, 0.05) is 45.0 Å². The van der Waals surface area contributed by atoms with Crippen LogP contribution in [0.4, 0.5) is 4.79 Å². The minimum Gasteiger partial charge on any atom is -0.465 e. The zero-order chi connectivity index (χ0) is 19.5. The Labute approximate surface area is 165 Å². The fourth-order valence-corrected chi connectivity index (χ4v) is 4.57. The summed E-state index contributed by atoms with van der Waals surface area (Å²) in [5.74, 6) is 0.657. The fraction of sp³-hybridized carbons (Fsp3) is 0.750. The number of carbonyl (C=O) groups excluding carboxylic acids is 1. The van der Waals surface area contributed by atoms with E-state index in [-0.39, 0.29) is 11.9 Å². The van der Waals surface area contributed by atoms with Crippen molar-refractivity contribution in [2.24, 2.45) is 5.92 Å². The summed E-state index contributed by atoms with van der Waals surface area (Å²) in [5, 5.41) is 16.7. The molecule has 1 unspecified atom stereocenters. The molecular formula is C20H31N5O3. The average molecular weight is 390 g/mol. The third-order valence-corrected chi connectivity index (χ3v) is 6.48. The second-order valence-corrected chi connectivity index (χ2v) is 8.44. The van der Waals surface area contributed by atoms with E-state index in [4.69, 9.17) is 0 Å². The molecule has 1 saturated carbocycles. The van der Waals surface area contributed by atoms with Crippen LogP contribution in [0.2, 0.25) is 0 Å². The van der Waals surface area contributed by atoms with Gasteiger partial charge >= 0.3 is 6.09 Å². The maximum Gasteiger partial charge on any atom is 0.407 e. The average Bonchev–Trinajstić information content (AvgIpc) is 3.46. The lowest BCUT2D eigenvalue weighted by Gasteiger charge is -2.37. The third kappa shape index (κ3) is 4.48. The summed E-state index contributed by atoms with van der Waals surface area (Å²) in [6, 6.07) is 2.54. The Morgan fingerprint density at radius 3 is 2.50 bits per heavy atom. The van der Waals surface area contributed by atoms with Gasteiger partial charge in [-0.2, -0.15) is 5.10 Å². The van der Waals surface area contributed by atoms with E-state index in [1.807, 2.05) is 10.7 Å². The maximum atomic E-state index is 12.5. The molecule has 1 aromatic rings. The number of likely N-dealkylation sites (tertiary alicyclic amines) is 2. The number of carboxylic acid groups (broad SMARTS) is 1. The molecule has 1 atom stereocenters. The predicted molar refractivity (Wildman–Crippen MR) is 104 cm³/mol. The Kier molecular flexibility index (Phi) is 5.85. The van der Waals surface area contributed by atoms with Gasteiger partial charge in [-0.25, -0.2) is 4.79 Å². The van der Waals surface area contributed by atoms with E-state index in [0.29, 0.717) is 30.7 Å². The summed E-state index contributed by atoms with van der Waals surface area (Å²) in [7, 11) is 0. The van der Waals surface area contributed by atoms with Crippen LogP contribution in [0, 0.1) is 5.92 Å². The normalized spacial score (nSPS) is 24.7. The number of hydrogen-bond donors (Lipinski definition) is 2. The molecule has 8 heteroatoms. The van der Waals surface area contributed by atoms with Crippen LogP contribution < -0.4 is 5.32 Å². The Hall–Kier alpha value is -2.09. The highest BCUT2D eigenvalue weighted by molar-refractivity contribution is 5.92. The van der Waals surface area contributed by atoms with Crippen molar-refractivity contribution in [3.05, 3.63) is 18.0 Å². The number of nitrogens with zero attached hydrogens (tertiary/aromatic N) is 4. The zero-order valence-corrected chi connectivity index (χ0v) is 16.4. The first-order valence-electron chi connectivity index (χ1n) is 10.7. The monoisotopic (exact) mass is 389 g/mol. The minimum atomic E-state index is -0.800. The predicted octanol–water partition coefficient (Wildman–Crippen LogP) is 2.19.